The zero-order chi connectivity index (χ0) is 21.2. The first kappa shape index (κ1) is 19.1. The lowest BCUT2D eigenvalue weighted by Crippen LogP contribution is -2.09. The number of benzene rings is 2. The minimum Gasteiger partial charge on any atom is -0.489 e. The maximum Gasteiger partial charge on any atom is 0.145 e. The Bertz CT molecular complexity index is 1310. The van der Waals surface area contributed by atoms with Crippen LogP contribution in [0.25, 0.3) is 33.4 Å². The van der Waals surface area contributed by atoms with Crippen molar-refractivity contribution in [3.63, 3.8) is 0 Å². The summed E-state index contributed by atoms with van der Waals surface area (Å²) >= 11 is 0. The summed E-state index contributed by atoms with van der Waals surface area (Å²) in [6, 6.07) is 20.1. The van der Waals surface area contributed by atoms with E-state index < -0.39 is 0 Å². The quantitative estimate of drug-likeness (QED) is 0.372. The van der Waals surface area contributed by atoms with Crippen molar-refractivity contribution in [2.75, 3.05) is 6.61 Å². The smallest absolute Gasteiger partial charge is 0.145 e. The number of para-hydroxylation sites is 1. The topological polar surface area (TPSA) is 66.0 Å². The third-order valence-corrected chi connectivity index (χ3v) is 5.34. The number of aromatic nitrogens is 4. The number of pyridine rings is 1. The molecule has 0 N–H and O–H groups in total. The van der Waals surface area contributed by atoms with E-state index in [2.05, 4.69) is 26.8 Å². The second kappa shape index (κ2) is 8.07. The summed E-state index contributed by atoms with van der Waals surface area (Å²) in [5.74, 6) is 1.55. The van der Waals surface area contributed by atoms with Crippen LogP contribution in [0.3, 0.4) is 0 Å². The lowest BCUT2D eigenvalue weighted by molar-refractivity contribution is 0.302. The Balaban J connectivity index is 1.47. The van der Waals surface area contributed by atoms with Gasteiger partial charge < -0.3 is 13.8 Å². The number of ether oxygens (including phenoxy) is 1. The van der Waals surface area contributed by atoms with E-state index in [1.165, 1.54) is 0 Å². The Morgan fingerprint density at radius 1 is 0.935 bits per heavy atom. The molecule has 5 rings (SSSR count). The van der Waals surface area contributed by atoms with E-state index in [0.29, 0.717) is 13.2 Å². The van der Waals surface area contributed by atoms with Crippen LogP contribution in [0.4, 0.5) is 0 Å². The second-order valence-electron chi connectivity index (χ2n) is 7.38. The molecule has 0 spiro atoms. The summed E-state index contributed by atoms with van der Waals surface area (Å²) in [6.45, 7) is 5.00. The molecule has 2 aromatic carbocycles. The molecular formula is C25H22N4O2. The van der Waals surface area contributed by atoms with E-state index >= 15 is 0 Å². The fraction of sp³-hybridized carbons (Fsp3) is 0.160. The predicted octanol–water partition coefficient (Wildman–Crippen LogP) is 5.45. The lowest BCUT2D eigenvalue weighted by atomic mass is 10.0. The molecule has 31 heavy (non-hydrogen) atoms. The highest BCUT2D eigenvalue weighted by Gasteiger charge is 2.21. The van der Waals surface area contributed by atoms with Gasteiger partial charge in [-0.1, -0.05) is 53.7 Å². The van der Waals surface area contributed by atoms with Crippen LogP contribution in [0, 0.1) is 13.8 Å². The summed E-state index contributed by atoms with van der Waals surface area (Å²) < 4.78 is 13.7. The van der Waals surface area contributed by atoms with E-state index in [1.54, 1.807) is 6.20 Å². The van der Waals surface area contributed by atoms with Crippen LogP contribution in [0.15, 0.2) is 77.7 Å². The first-order valence-corrected chi connectivity index (χ1v) is 10.2. The van der Waals surface area contributed by atoms with Gasteiger partial charge in [0, 0.05) is 17.1 Å². The number of imidazole rings is 1. The van der Waals surface area contributed by atoms with E-state index in [1.807, 2.05) is 68.7 Å². The molecule has 0 saturated heterocycles. The van der Waals surface area contributed by atoms with Crippen molar-refractivity contribution in [1.29, 1.82) is 0 Å². The Hall–Kier alpha value is -3.93. The maximum absolute atomic E-state index is 6.12. The van der Waals surface area contributed by atoms with Crippen LogP contribution >= 0.6 is 0 Å². The first-order valence-electron chi connectivity index (χ1n) is 10.2. The number of fused-ring (bicyclic) bond motifs is 1. The summed E-state index contributed by atoms with van der Waals surface area (Å²) in [5.41, 5.74) is 5.63. The van der Waals surface area contributed by atoms with Crippen LogP contribution in [0.1, 0.15) is 11.5 Å². The Morgan fingerprint density at radius 2 is 1.77 bits per heavy atom. The van der Waals surface area contributed by atoms with E-state index in [-0.39, 0.29) is 0 Å². The predicted molar refractivity (Wildman–Crippen MR) is 120 cm³/mol. The molecule has 0 unspecified atom stereocenters. The minimum absolute atomic E-state index is 0.483. The van der Waals surface area contributed by atoms with Gasteiger partial charge >= 0.3 is 0 Å². The van der Waals surface area contributed by atoms with Gasteiger partial charge in [0.05, 0.1) is 35.5 Å². The molecule has 0 radical (unpaired) electrons. The second-order valence-corrected chi connectivity index (χ2v) is 7.38. The van der Waals surface area contributed by atoms with Gasteiger partial charge in [0.2, 0.25) is 0 Å². The van der Waals surface area contributed by atoms with Crippen molar-refractivity contribution in [2.45, 2.75) is 20.4 Å². The fourth-order valence-corrected chi connectivity index (χ4v) is 3.89. The molecule has 0 bridgehead atoms. The minimum atomic E-state index is 0.483. The van der Waals surface area contributed by atoms with E-state index in [0.717, 1.165) is 50.6 Å². The first-order chi connectivity index (χ1) is 15.2. The molecular weight excluding hydrogens is 388 g/mol. The van der Waals surface area contributed by atoms with Crippen LogP contribution in [0.5, 0.6) is 5.75 Å². The van der Waals surface area contributed by atoms with Gasteiger partial charge in [0.1, 0.15) is 23.6 Å². The number of nitrogens with zero attached hydrogens (tertiary/aromatic N) is 4. The summed E-state index contributed by atoms with van der Waals surface area (Å²) in [4.78, 5) is 9.19. The molecule has 0 aliphatic rings. The molecule has 3 heterocycles. The fourth-order valence-electron chi connectivity index (χ4n) is 3.89. The highest BCUT2D eigenvalue weighted by Crippen LogP contribution is 2.35. The number of aryl methyl sites for hydroxylation is 2. The van der Waals surface area contributed by atoms with E-state index in [9.17, 15) is 0 Å². The van der Waals surface area contributed by atoms with Gasteiger partial charge in [-0.25, -0.2) is 4.98 Å². The highest BCUT2D eigenvalue weighted by atomic mass is 16.5. The van der Waals surface area contributed by atoms with Gasteiger partial charge in [0.15, 0.2) is 0 Å². The monoisotopic (exact) mass is 410 g/mol. The maximum atomic E-state index is 6.12. The van der Waals surface area contributed by atoms with Gasteiger partial charge in [-0.15, -0.1) is 0 Å². The SMILES string of the molecule is Cc1noc(C)c1-c1c(-c2ccccc2)ncn1CCOc1cccc2cccnc12. The van der Waals surface area contributed by atoms with Crippen molar-refractivity contribution in [1.82, 2.24) is 19.7 Å². The molecule has 3 aromatic heterocycles. The molecule has 6 nitrogen and oxygen atoms in total. The average molecular weight is 410 g/mol. The van der Waals surface area contributed by atoms with Crippen LogP contribution in [-0.4, -0.2) is 26.3 Å². The molecule has 6 heteroatoms. The molecule has 0 aliphatic carbocycles. The molecule has 0 saturated carbocycles. The van der Waals surface area contributed by atoms with Crippen molar-refractivity contribution < 1.29 is 9.26 Å². The van der Waals surface area contributed by atoms with E-state index in [4.69, 9.17) is 14.2 Å². The Labute approximate surface area is 180 Å². The molecule has 0 amide bonds. The van der Waals surface area contributed by atoms with Crippen LogP contribution in [-0.2, 0) is 6.54 Å². The third kappa shape index (κ3) is 3.57. The average Bonchev–Trinajstić information content (AvgIpc) is 3.36. The lowest BCUT2D eigenvalue weighted by Gasteiger charge is -2.12. The van der Waals surface area contributed by atoms with Gasteiger partial charge in [-0.3, -0.25) is 4.98 Å². The van der Waals surface area contributed by atoms with Crippen LogP contribution in [0.2, 0.25) is 0 Å². The molecule has 0 aliphatic heterocycles. The molecule has 154 valence electrons. The van der Waals surface area contributed by atoms with Crippen LogP contribution < -0.4 is 4.74 Å². The number of hydrogen-bond acceptors (Lipinski definition) is 5. The zero-order valence-corrected chi connectivity index (χ0v) is 17.4. The van der Waals surface area contributed by atoms with Crippen molar-refractivity contribution in [3.05, 3.63) is 84.6 Å². The van der Waals surface area contributed by atoms with Crippen molar-refractivity contribution in [2.24, 2.45) is 0 Å². The van der Waals surface area contributed by atoms with Crippen molar-refractivity contribution >= 4 is 10.9 Å². The summed E-state index contributed by atoms with van der Waals surface area (Å²) in [7, 11) is 0. The standard InChI is InChI=1S/C25H22N4O2/c1-17-22(18(2)31-28-17)25-24(20-8-4-3-5-9-20)27-16-29(25)14-15-30-21-12-6-10-19-11-7-13-26-23(19)21/h3-13,16H,14-15H2,1-2H3. The van der Waals surface area contributed by atoms with Gasteiger partial charge in [-0.2, -0.15) is 0 Å². The number of rotatable bonds is 6. The third-order valence-electron chi connectivity index (χ3n) is 5.34. The highest BCUT2D eigenvalue weighted by molar-refractivity contribution is 5.84. The molecule has 5 aromatic rings. The zero-order valence-electron chi connectivity index (χ0n) is 17.4. The largest absolute Gasteiger partial charge is 0.489 e. The summed E-state index contributed by atoms with van der Waals surface area (Å²) in [5, 5.41) is 5.21. The molecule has 0 fully saturated rings. The normalized spacial score (nSPS) is 11.2. The van der Waals surface area contributed by atoms with Gasteiger partial charge in [0.25, 0.3) is 0 Å². The summed E-state index contributed by atoms with van der Waals surface area (Å²) in [6.07, 6.45) is 3.64. The Kier molecular flexibility index (Phi) is 4.96. The van der Waals surface area contributed by atoms with Crippen molar-refractivity contribution in [3.8, 4) is 28.3 Å². The van der Waals surface area contributed by atoms with Gasteiger partial charge in [-0.05, 0) is 26.0 Å². The molecule has 0 atom stereocenters. The Morgan fingerprint density at radius 3 is 2.58 bits per heavy atom. The number of hydrogen-bond donors (Lipinski definition) is 0.